The molecular weight excluding hydrogens is 444 g/mol. The lowest BCUT2D eigenvalue weighted by molar-refractivity contribution is -0.135. The van der Waals surface area contributed by atoms with Gasteiger partial charge in [-0.1, -0.05) is 6.42 Å². The van der Waals surface area contributed by atoms with Crippen molar-refractivity contribution in [1.82, 2.24) is 29.5 Å². The van der Waals surface area contributed by atoms with Crippen molar-refractivity contribution in [3.05, 3.63) is 39.8 Å². The van der Waals surface area contributed by atoms with Crippen LogP contribution in [0.3, 0.4) is 0 Å². The van der Waals surface area contributed by atoms with Crippen molar-refractivity contribution in [3.8, 4) is 5.82 Å². The van der Waals surface area contributed by atoms with Gasteiger partial charge < -0.3 is 4.90 Å². The van der Waals surface area contributed by atoms with Gasteiger partial charge in [-0.05, 0) is 47.8 Å². The Morgan fingerprint density at radius 3 is 2.63 bits per heavy atom. The molecule has 30 heavy (non-hydrogen) atoms. The molecule has 0 radical (unpaired) electrons. The highest BCUT2D eigenvalue weighted by molar-refractivity contribution is 9.10. The van der Waals surface area contributed by atoms with Gasteiger partial charge in [0.2, 0.25) is 5.91 Å². The molecule has 3 aliphatic rings. The normalized spacial score (nSPS) is 20.8. The van der Waals surface area contributed by atoms with Gasteiger partial charge in [-0.2, -0.15) is 5.10 Å². The van der Waals surface area contributed by atoms with E-state index >= 15 is 0 Å². The minimum Gasteiger partial charge on any atom is -0.339 e. The molecule has 4 heterocycles. The van der Waals surface area contributed by atoms with Crippen LogP contribution >= 0.6 is 15.9 Å². The molecule has 2 fully saturated rings. The predicted octanol–water partition coefficient (Wildman–Crippen LogP) is 2.39. The van der Waals surface area contributed by atoms with E-state index in [9.17, 15) is 4.79 Å². The van der Waals surface area contributed by atoms with Gasteiger partial charge in [-0.15, -0.1) is 0 Å². The second-order valence-corrected chi connectivity index (χ2v) is 9.63. The van der Waals surface area contributed by atoms with E-state index in [-0.39, 0.29) is 5.91 Å². The SMILES string of the molecule is Cc1c2c(nn1-c1ccc(Br)cn1)CCN(CC(=O)N1CCN(C3CCC3)CC1)C2. The molecular formula is C22H29BrN6O. The molecule has 0 spiro atoms. The molecule has 1 amide bonds. The van der Waals surface area contributed by atoms with Crippen molar-refractivity contribution in [3.63, 3.8) is 0 Å². The van der Waals surface area contributed by atoms with Gasteiger partial charge in [0.1, 0.15) is 0 Å². The van der Waals surface area contributed by atoms with Crippen LogP contribution in [0.15, 0.2) is 22.8 Å². The second-order valence-electron chi connectivity index (χ2n) is 8.72. The van der Waals surface area contributed by atoms with Crippen molar-refractivity contribution in [2.75, 3.05) is 39.3 Å². The summed E-state index contributed by atoms with van der Waals surface area (Å²) < 4.78 is 2.89. The Labute approximate surface area is 186 Å². The van der Waals surface area contributed by atoms with Crippen LogP contribution in [0.25, 0.3) is 5.82 Å². The van der Waals surface area contributed by atoms with Crippen molar-refractivity contribution in [2.24, 2.45) is 0 Å². The molecule has 5 rings (SSSR count). The second kappa shape index (κ2) is 8.40. The molecule has 1 saturated carbocycles. The largest absolute Gasteiger partial charge is 0.339 e. The van der Waals surface area contributed by atoms with Crippen LogP contribution in [0.2, 0.25) is 0 Å². The number of hydrogen-bond acceptors (Lipinski definition) is 5. The van der Waals surface area contributed by atoms with Crippen LogP contribution in [0, 0.1) is 6.92 Å². The molecule has 7 nitrogen and oxygen atoms in total. The molecule has 2 aromatic heterocycles. The fourth-order valence-electron chi connectivity index (χ4n) is 4.80. The lowest BCUT2D eigenvalue weighted by Gasteiger charge is -2.43. The van der Waals surface area contributed by atoms with Gasteiger partial charge in [0.05, 0.1) is 12.2 Å². The highest BCUT2D eigenvalue weighted by Crippen LogP contribution is 2.26. The Hall–Kier alpha value is -1.77. The Morgan fingerprint density at radius 1 is 1.17 bits per heavy atom. The number of halogens is 1. The number of hydrogen-bond donors (Lipinski definition) is 0. The molecule has 160 valence electrons. The number of piperazine rings is 1. The topological polar surface area (TPSA) is 57.5 Å². The molecule has 0 bridgehead atoms. The summed E-state index contributed by atoms with van der Waals surface area (Å²) in [6.07, 6.45) is 6.72. The maximum atomic E-state index is 12.9. The zero-order valence-electron chi connectivity index (χ0n) is 17.6. The van der Waals surface area contributed by atoms with Crippen molar-refractivity contribution < 1.29 is 4.79 Å². The number of rotatable bonds is 4. The molecule has 0 unspecified atom stereocenters. The van der Waals surface area contributed by atoms with Gasteiger partial charge in [-0.3, -0.25) is 14.6 Å². The average molecular weight is 473 g/mol. The fraction of sp³-hybridized carbons (Fsp3) is 0.591. The Bertz CT molecular complexity index is 914. The summed E-state index contributed by atoms with van der Waals surface area (Å²) >= 11 is 3.44. The predicted molar refractivity (Wildman–Crippen MR) is 119 cm³/mol. The maximum absolute atomic E-state index is 12.9. The lowest BCUT2D eigenvalue weighted by Crippen LogP contribution is -2.55. The first-order chi connectivity index (χ1) is 14.6. The van der Waals surface area contributed by atoms with E-state index in [4.69, 9.17) is 5.10 Å². The number of carbonyl (C=O) groups is 1. The molecule has 0 N–H and O–H groups in total. The number of pyridine rings is 1. The van der Waals surface area contributed by atoms with Crippen molar-refractivity contribution in [2.45, 2.75) is 45.2 Å². The quantitative estimate of drug-likeness (QED) is 0.683. The zero-order chi connectivity index (χ0) is 20.7. The van der Waals surface area contributed by atoms with E-state index in [0.29, 0.717) is 6.54 Å². The molecule has 0 atom stereocenters. The summed E-state index contributed by atoms with van der Waals surface area (Å²) in [7, 11) is 0. The number of carbonyl (C=O) groups excluding carboxylic acids is 1. The smallest absolute Gasteiger partial charge is 0.236 e. The summed E-state index contributed by atoms with van der Waals surface area (Å²) in [4.78, 5) is 24.3. The van der Waals surface area contributed by atoms with E-state index in [1.807, 2.05) is 16.8 Å². The summed E-state index contributed by atoms with van der Waals surface area (Å²) in [5, 5.41) is 4.80. The first-order valence-electron chi connectivity index (χ1n) is 11.0. The molecule has 0 aromatic carbocycles. The van der Waals surface area contributed by atoms with Crippen LogP contribution in [0.4, 0.5) is 0 Å². The summed E-state index contributed by atoms with van der Waals surface area (Å²) in [6.45, 7) is 8.08. The maximum Gasteiger partial charge on any atom is 0.236 e. The highest BCUT2D eigenvalue weighted by Gasteiger charge is 2.31. The summed E-state index contributed by atoms with van der Waals surface area (Å²) in [6, 6.07) is 4.74. The molecule has 2 aliphatic heterocycles. The average Bonchev–Trinajstić information content (AvgIpc) is 3.04. The van der Waals surface area contributed by atoms with E-state index in [1.165, 1.54) is 24.8 Å². The number of nitrogens with zero attached hydrogens (tertiary/aromatic N) is 6. The van der Waals surface area contributed by atoms with Gasteiger partial charge >= 0.3 is 0 Å². The van der Waals surface area contributed by atoms with E-state index in [2.05, 4.69) is 42.5 Å². The first kappa shape index (κ1) is 20.2. The number of aromatic nitrogens is 3. The van der Waals surface area contributed by atoms with E-state index in [0.717, 1.165) is 73.4 Å². The lowest BCUT2D eigenvalue weighted by atomic mass is 9.91. The van der Waals surface area contributed by atoms with Crippen LogP contribution < -0.4 is 0 Å². The van der Waals surface area contributed by atoms with Crippen LogP contribution in [-0.4, -0.2) is 80.7 Å². The minimum atomic E-state index is 0.270. The van der Waals surface area contributed by atoms with Gasteiger partial charge in [0, 0.05) is 73.7 Å². The van der Waals surface area contributed by atoms with Crippen molar-refractivity contribution in [1.29, 1.82) is 0 Å². The van der Waals surface area contributed by atoms with Crippen LogP contribution in [0.5, 0.6) is 0 Å². The number of fused-ring (bicyclic) bond motifs is 1. The van der Waals surface area contributed by atoms with Gasteiger partial charge in [-0.25, -0.2) is 9.67 Å². The minimum absolute atomic E-state index is 0.270. The Morgan fingerprint density at radius 2 is 1.97 bits per heavy atom. The van der Waals surface area contributed by atoms with E-state index < -0.39 is 0 Å². The standard InChI is InChI=1S/C22H29BrN6O/c1-16-19-14-26(8-7-20(19)25-29(16)21-6-5-17(23)13-24-21)15-22(30)28-11-9-27(10-12-28)18-3-2-4-18/h5-6,13,18H,2-4,7-12,14-15H2,1H3. The van der Waals surface area contributed by atoms with Crippen LogP contribution in [-0.2, 0) is 17.8 Å². The van der Waals surface area contributed by atoms with Gasteiger partial charge in [0.15, 0.2) is 5.82 Å². The van der Waals surface area contributed by atoms with E-state index in [1.54, 1.807) is 6.20 Å². The van der Waals surface area contributed by atoms with Crippen molar-refractivity contribution >= 4 is 21.8 Å². The summed E-state index contributed by atoms with van der Waals surface area (Å²) in [5.74, 6) is 1.10. The third-order valence-electron chi connectivity index (χ3n) is 6.92. The fourth-order valence-corrected chi connectivity index (χ4v) is 5.03. The van der Waals surface area contributed by atoms with Crippen LogP contribution in [0.1, 0.15) is 36.2 Å². The third kappa shape index (κ3) is 3.92. The third-order valence-corrected chi connectivity index (χ3v) is 7.38. The monoisotopic (exact) mass is 472 g/mol. The zero-order valence-corrected chi connectivity index (χ0v) is 19.1. The summed E-state index contributed by atoms with van der Waals surface area (Å²) in [5.41, 5.74) is 3.50. The first-order valence-corrected chi connectivity index (χ1v) is 11.8. The molecule has 2 aromatic rings. The molecule has 1 saturated heterocycles. The Kier molecular flexibility index (Phi) is 5.64. The number of amides is 1. The molecule has 8 heteroatoms. The highest BCUT2D eigenvalue weighted by atomic mass is 79.9. The Balaban J connectivity index is 1.20. The molecule has 1 aliphatic carbocycles. The van der Waals surface area contributed by atoms with Gasteiger partial charge in [0.25, 0.3) is 0 Å².